The number of fused-ring (bicyclic) bond motifs is 1. The summed E-state index contributed by atoms with van der Waals surface area (Å²) in [4.78, 5) is 9.72. The van der Waals surface area contributed by atoms with Crippen LogP contribution in [0.2, 0.25) is 0 Å². The summed E-state index contributed by atoms with van der Waals surface area (Å²) in [5, 5.41) is 1.26. The molecule has 1 saturated heterocycles. The van der Waals surface area contributed by atoms with Gasteiger partial charge in [-0.05, 0) is 24.6 Å². The molecule has 0 bridgehead atoms. The van der Waals surface area contributed by atoms with Gasteiger partial charge in [-0.2, -0.15) is 0 Å². The largest absolute Gasteiger partial charge is 0.368 e. The lowest BCUT2D eigenvalue weighted by Gasteiger charge is -2.36. The minimum absolute atomic E-state index is 1.05. The molecule has 1 aliphatic rings. The lowest BCUT2D eigenvalue weighted by molar-refractivity contribution is 0.250. The van der Waals surface area contributed by atoms with Gasteiger partial charge in [0.05, 0.1) is 5.52 Å². The van der Waals surface area contributed by atoms with Gasteiger partial charge in [-0.25, -0.2) is 0 Å². The molecule has 0 atom stereocenters. The van der Waals surface area contributed by atoms with Crippen LogP contribution < -0.4 is 4.90 Å². The van der Waals surface area contributed by atoms with Gasteiger partial charge in [0.25, 0.3) is 0 Å². The fourth-order valence-corrected chi connectivity index (χ4v) is 3.54. The SMILES string of the molecule is Cc1cc(N2CCN(Cc3ccccc3)CC2)c2ccccc2n1. The molecular weight excluding hydrogens is 294 g/mol. The molecule has 1 aromatic heterocycles. The zero-order chi connectivity index (χ0) is 16.4. The molecule has 1 fully saturated rings. The predicted octanol–water partition coefficient (Wildman–Crippen LogP) is 3.87. The van der Waals surface area contributed by atoms with Crippen LogP contribution in [0.1, 0.15) is 11.3 Å². The Morgan fingerprint density at radius 3 is 2.38 bits per heavy atom. The third-order valence-electron chi connectivity index (χ3n) is 4.78. The summed E-state index contributed by atoms with van der Waals surface area (Å²) in [6.45, 7) is 7.47. The third-order valence-corrected chi connectivity index (χ3v) is 4.78. The first kappa shape index (κ1) is 15.2. The number of rotatable bonds is 3. The molecule has 0 amide bonds. The normalized spacial score (nSPS) is 15.8. The van der Waals surface area contributed by atoms with Gasteiger partial charge < -0.3 is 4.90 Å². The second-order valence-corrected chi connectivity index (χ2v) is 6.55. The van der Waals surface area contributed by atoms with Gasteiger partial charge in [0.1, 0.15) is 0 Å². The van der Waals surface area contributed by atoms with Gasteiger partial charge in [-0.3, -0.25) is 9.88 Å². The molecule has 4 rings (SSSR count). The number of hydrogen-bond donors (Lipinski definition) is 0. The average molecular weight is 317 g/mol. The highest BCUT2D eigenvalue weighted by Gasteiger charge is 2.19. The lowest BCUT2D eigenvalue weighted by atomic mass is 10.1. The Bertz CT molecular complexity index is 821. The van der Waals surface area contributed by atoms with Crippen molar-refractivity contribution in [3.8, 4) is 0 Å². The van der Waals surface area contributed by atoms with E-state index in [0.29, 0.717) is 0 Å². The van der Waals surface area contributed by atoms with Crippen molar-refractivity contribution in [1.29, 1.82) is 0 Å². The van der Waals surface area contributed by atoms with E-state index in [9.17, 15) is 0 Å². The number of benzene rings is 2. The highest BCUT2D eigenvalue weighted by Crippen LogP contribution is 2.27. The number of hydrogen-bond acceptors (Lipinski definition) is 3. The Morgan fingerprint density at radius 1 is 0.875 bits per heavy atom. The molecule has 0 N–H and O–H groups in total. The number of para-hydroxylation sites is 1. The monoisotopic (exact) mass is 317 g/mol. The van der Waals surface area contributed by atoms with Gasteiger partial charge in [-0.1, -0.05) is 48.5 Å². The first-order valence-electron chi connectivity index (χ1n) is 8.67. The fraction of sp³-hybridized carbons (Fsp3) is 0.286. The summed E-state index contributed by atoms with van der Waals surface area (Å²) in [7, 11) is 0. The summed E-state index contributed by atoms with van der Waals surface area (Å²) in [6.07, 6.45) is 0. The standard InChI is InChI=1S/C21H23N3/c1-17-15-21(19-9-5-6-10-20(19)22-17)24-13-11-23(12-14-24)16-18-7-3-2-4-8-18/h2-10,15H,11-14,16H2,1H3. The molecule has 0 spiro atoms. The summed E-state index contributed by atoms with van der Waals surface area (Å²) in [6, 6.07) is 21.5. The lowest BCUT2D eigenvalue weighted by Crippen LogP contribution is -2.46. The maximum Gasteiger partial charge on any atom is 0.0726 e. The van der Waals surface area contributed by atoms with Crippen molar-refractivity contribution in [1.82, 2.24) is 9.88 Å². The van der Waals surface area contributed by atoms with Gasteiger partial charge in [0.15, 0.2) is 0 Å². The maximum absolute atomic E-state index is 4.66. The number of nitrogens with zero attached hydrogens (tertiary/aromatic N) is 3. The Hall–Kier alpha value is -2.39. The molecule has 0 unspecified atom stereocenters. The van der Waals surface area contributed by atoms with Crippen molar-refractivity contribution in [3.05, 3.63) is 71.9 Å². The number of aryl methyl sites for hydroxylation is 1. The molecule has 2 aromatic carbocycles. The number of piperazine rings is 1. The molecule has 2 heterocycles. The third kappa shape index (κ3) is 3.13. The topological polar surface area (TPSA) is 19.4 Å². The summed E-state index contributed by atoms with van der Waals surface area (Å²) >= 11 is 0. The summed E-state index contributed by atoms with van der Waals surface area (Å²) in [5.74, 6) is 0. The molecular formula is C21H23N3. The molecule has 1 aliphatic heterocycles. The highest BCUT2D eigenvalue weighted by molar-refractivity contribution is 5.92. The van der Waals surface area contributed by atoms with Crippen LogP contribution in [0.3, 0.4) is 0 Å². The smallest absolute Gasteiger partial charge is 0.0726 e. The minimum atomic E-state index is 1.05. The van der Waals surface area contributed by atoms with E-state index in [1.807, 2.05) is 0 Å². The molecule has 3 nitrogen and oxygen atoms in total. The first-order valence-corrected chi connectivity index (χ1v) is 8.67. The Labute approximate surface area is 143 Å². The van der Waals surface area contributed by atoms with Crippen LogP contribution in [0.25, 0.3) is 10.9 Å². The van der Waals surface area contributed by atoms with Crippen LogP contribution in [-0.4, -0.2) is 36.1 Å². The van der Waals surface area contributed by atoms with Crippen LogP contribution in [0.15, 0.2) is 60.7 Å². The molecule has 3 heteroatoms. The van der Waals surface area contributed by atoms with Crippen LogP contribution >= 0.6 is 0 Å². The molecule has 0 aliphatic carbocycles. The number of aromatic nitrogens is 1. The highest BCUT2D eigenvalue weighted by atomic mass is 15.3. The van der Waals surface area contributed by atoms with Crippen molar-refractivity contribution in [2.24, 2.45) is 0 Å². The number of pyridine rings is 1. The summed E-state index contributed by atoms with van der Waals surface area (Å²) < 4.78 is 0. The van der Waals surface area contributed by atoms with Crippen molar-refractivity contribution in [2.45, 2.75) is 13.5 Å². The predicted molar refractivity (Wildman–Crippen MR) is 100 cm³/mol. The molecule has 0 radical (unpaired) electrons. The average Bonchev–Trinajstić information content (AvgIpc) is 2.62. The zero-order valence-electron chi connectivity index (χ0n) is 14.2. The van der Waals surface area contributed by atoms with Crippen LogP contribution in [-0.2, 0) is 6.54 Å². The van der Waals surface area contributed by atoms with E-state index < -0.39 is 0 Å². The van der Waals surface area contributed by atoms with Crippen molar-refractivity contribution in [3.63, 3.8) is 0 Å². The van der Waals surface area contributed by atoms with E-state index in [2.05, 4.69) is 82.4 Å². The van der Waals surface area contributed by atoms with Gasteiger partial charge in [-0.15, -0.1) is 0 Å². The second kappa shape index (κ2) is 6.62. The zero-order valence-corrected chi connectivity index (χ0v) is 14.2. The molecule has 122 valence electrons. The number of anilines is 1. The Balaban J connectivity index is 1.50. The van der Waals surface area contributed by atoms with E-state index in [1.54, 1.807) is 0 Å². The van der Waals surface area contributed by atoms with Crippen molar-refractivity contribution in [2.75, 3.05) is 31.1 Å². The Morgan fingerprint density at radius 2 is 1.58 bits per heavy atom. The quantitative estimate of drug-likeness (QED) is 0.731. The second-order valence-electron chi connectivity index (χ2n) is 6.55. The molecule has 0 saturated carbocycles. The van der Waals surface area contributed by atoms with Crippen molar-refractivity contribution < 1.29 is 0 Å². The molecule has 24 heavy (non-hydrogen) atoms. The van der Waals surface area contributed by atoms with Gasteiger partial charge >= 0.3 is 0 Å². The minimum Gasteiger partial charge on any atom is -0.368 e. The van der Waals surface area contributed by atoms with Gasteiger partial charge in [0, 0.05) is 49.5 Å². The van der Waals surface area contributed by atoms with Crippen LogP contribution in [0.4, 0.5) is 5.69 Å². The van der Waals surface area contributed by atoms with E-state index in [4.69, 9.17) is 0 Å². The van der Waals surface area contributed by atoms with Crippen LogP contribution in [0, 0.1) is 6.92 Å². The maximum atomic E-state index is 4.66. The van der Waals surface area contributed by atoms with Crippen molar-refractivity contribution >= 4 is 16.6 Å². The van der Waals surface area contributed by atoms with Crippen LogP contribution in [0.5, 0.6) is 0 Å². The van der Waals surface area contributed by atoms with E-state index in [0.717, 1.165) is 43.9 Å². The fourth-order valence-electron chi connectivity index (χ4n) is 3.54. The Kier molecular flexibility index (Phi) is 4.18. The van der Waals surface area contributed by atoms with Gasteiger partial charge in [0.2, 0.25) is 0 Å². The van der Waals surface area contributed by atoms with E-state index >= 15 is 0 Å². The van der Waals surface area contributed by atoms with E-state index in [-0.39, 0.29) is 0 Å². The molecule has 3 aromatic rings. The first-order chi connectivity index (χ1) is 11.8. The van der Waals surface area contributed by atoms with E-state index in [1.165, 1.54) is 16.6 Å². The summed E-state index contributed by atoms with van der Waals surface area (Å²) in [5.41, 5.74) is 4.92.